The van der Waals surface area contributed by atoms with Crippen LogP contribution in [0.2, 0.25) is 0 Å². The lowest BCUT2D eigenvalue weighted by molar-refractivity contribution is -0.143. The Kier molecular flexibility index (Phi) is 9.35. The van der Waals surface area contributed by atoms with Gasteiger partial charge in [0.05, 0.1) is 6.61 Å². The summed E-state index contributed by atoms with van der Waals surface area (Å²) >= 11 is 2.11. The molecule has 0 aromatic heterocycles. The zero-order valence-corrected chi connectivity index (χ0v) is 13.3. The predicted molar refractivity (Wildman–Crippen MR) is 82.7 cm³/mol. The zero-order chi connectivity index (χ0) is 13.9. The van der Waals surface area contributed by atoms with Crippen LogP contribution in [0.4, 0.5) is 0 Å². The monoisotopic (exact) mass is 287 g/mol. The first kappa shape index (κ1) is 16.8. The van der Waals surface area contributed by atoms with Gasteiger partial charge in [0, 0.05) is 17.7 Å². The molecule has 0 saturated heterocycles. The Morgan fingerprint density at radius 3 is 2.84 bits per heavy atom. The first-order valence-corrected chi connectivity index (χ1v) is 8.81. The molecule has 2 unspecified atom stereocenters. The van der Waals surface area contributed by atoms with Gasteiger partial charge in [0.1, 0.15) is 0 Å². The van der Waals surface area contributed by atoms with Gasteiger partial charge >= 0.3 is 5.97 Å². The number of unbranched alkanes of at least 4 members (excludes halogenated alkanes) is 2. The second-order valence-electron chi connectivity index (χ2n) is 5.16. The van der Waals surface area contributed by atoms with Crippen molar-refractivity contribution >= 4 is 17.7 Å². The van der Waals surface area contributed by atoms with Gasteiger partial charge in [-0.2, -0.15) is 11.8 Å². The predicted octanol–water partition coefficient (Wildman–Crippen LogP) is 3.37. The highest BCUT2D eigenvalue weighted by Gasteiger charge is 2.23. The smallest absolute Gasteiger partial charge is 0.305 e. The van der Waals surface area contributed by atoms with Crippen LogP contribution in [0.25, 0.3) is 0 Å². The number of carbonyl (C=O) groups is 1. The average Bonchev–Trinajstić information content (AvgIpc) is 2.82. The SMILES string of the molecule is CCOC(=O)CCCCCNC1CCC(SCC)C1. The lowest BCUT2D eigenvalue weighted by Crippen LogP contribution is -2.27. The number of carbonyl (C=O) groups excluding carboxylic acids is 1. The summed E-state index contributed by atoms with van der Waals surface area (Å²) in [6, 6.07) is 0.731. The number of ether oxygens (including phenoxy) is 1. The fourth-order valence-corrected chi connectivity index (χ4v) is 3.77. The van der Waals surface area contributed by atoms with Crippen molar-refractivity contribution in [2.45, 2.75) is 70.1 Å². The van der Waals surface area contributed by atoms with Crippen molar-refractivity contribution in [3.05, 3.63) is 0 Å². The molecule has 112 valence electrons. The highest BCUT2D eigenvalue weighted by atomic mass is 32.2. The molecule has 0 bridgehead atoms. The molecule has 4 heteroatoms. The standard InChI is InChI=1S/C15H29NO2S/c1-3-18-15(17)8-6-5-7-11-16-13-9-10-14(12-13)19-4-2/h13-14,16H,3-12H2,1-2H3. The summed E-state index contributed by atoms with van der Waals surface area (Å²) in [6.45, 7) is 5.69. The molecule has 1 fully saturated rings. The van der Waals surface area contributed by atoms with Crippen LogP contribution >= 0.6 is 11.8 Å². The second-order valence-corrected chi connectivity index (χ2v) is 6.73. The highest BCUT2D eigenvalue weighted by Crippen LogP contribution is 2.29. The van der Waals surface area contributed by atoms with E-state index in [4.69, 9.17) is 4.74 Å². The summed E-state index contributed by atoms with van der Waals surface area (Å²) in [7, 11) is 0. The molecule has 0 spiro atoms. The molecule has 0 aliphatic heterocycles. The molecule has 1 saturated carbocycles. The van der Waals surface area contributed by atoms with Gasteiger partial charge in [0.25, 0.3) is 0 Å². The molecule has 1 aliphatic rings. The summed E-state index contributed by atoms with van der Waals surface area (Å²) in [4.78, 5) is 11.1. The van der Waals surface area contributed by atoms with E-state index in [0.29, 0.717) is 13.0 Å². The van der Waals surface area contributed by atoms with Gasteiger partial charge < -0.3 is 10.1 Å². The quantitative estimate of drug-likeness (QED) is 0.494. The van der Waals surface area contributed by atoms with Crippen LogP contribution in [0.3, 0.4) is 0 Å². The van der Waals surface area contributed by atoms with Crippen LogP contribution < -0.4 is 5.32 Å². The van der Waals surface area contributed by atoms with E-state index >= 15 is 0 Å². The zero-order valence-electron chi connectivity index (χ0n) is 12.5. The van der Waals surface area contributed by atoms with Crippen LogP contribution in [0.15, 0.2) is 0 Å². The lowest BCUT2D eigenvalue weighted by atomic mass is 10.2. The van der Waals surface area contributed by atoms with E-state index in [1.165, 1.54) is 31.4 Å². The third kappa shape index (κ3) is 7.83. The van der Waals surface area contributed by atoms with Crippen molar-refractivity contribution in [2.24, 2.45) is 0 Å². The van der Waals surface area contributed by atoms with Crippen molar-refractivity contribution in [1.29, 1.82) is 0 Å². The topological polar surface area (TPSA) is 38.3 Å². The first-order chi connectivity index (χ1) is 9.26. The molecule has 0 heterocycles. The van der Waals surface area contributed by atoms with Crippen LogP contribution in [-0.4, -0.2) is 36.2 Å². The number of hydrogen-bond acceptors (Lipinski definition) is 4. The third-order valence-corrected chi connectivity index (χ3v) is 4.82. The highest BCUT2D eigenvalue weighted by molar-refractivity contribution is 7.99. The van der Waals surface area contributed by atoms with Gasteiger partial charge in [0.2, 0.25) is 0 Å². The Balaban J connectivity index is 1.90. The van der Waals surface area contributed by atoms with Crippen molar-refractivity contribution in [2.75, 3.05) is 18.9 Å². The molecule has 0 radical (unpaired) electrons. The first-order valence-electron chi connectivity index (χ1n) is 7.76. The largest absolute Gasteiger partial charge is 0.466 e. The molecule has 3 nitrogen and oxygen atoms in total. The lowest BCUT2D eigenvalue weighted by Gasteiger charge is -2.12. The minimum absolute atomic E-state index is 0.0503. The molecule has 1 N–H and O–H groups in total. The van der Waals surface area contributed by atoms with E-state index < -0.39 is 0 Å². The van der Waals surface area contributed by atoms with Gasteiger partial charge in [0.15, 0.2) is 0 Å². The number of thioether (sulfide) groups is 1. The van der Waals surface area contributed by atoms with Crippen molar-refractivity contribution in [3.63, 3.8) is 0 Å². The third-order valence-electron chi connectivity index (χ3n) is 3.58. The van der Waals surface area contributed by atoms with E-state index in [0.717, 1.165) is 30.7 Å². The van der Waals surface area contributed by atoms with Crippen LogP contribution in [0.5, 0.6) is 0 Å². The number of esters is 1. The Morgan fingerprint density at radius 1 is 1.26 bits per heavy atom. The maximum atomic E-state index is 11.1. The van der Waals surface area contributed by atoms with Gasteiger partial charge in [-0.05, 0) is 51.3 Å². The maximum Gasteiger partial charge on any atom is 0.305 e. The normalized spacial score (nSPS) is 22.6. The fraction of sp³-hybridized carbons (Fsp3) is 0.933. The van der Waals surface area contributed by atoms with E-state index in [1.807, 2.05) is 6.92 Å². The van der Waals surface area contributed by atoms with Crippen LogP contribution in [0, 0.1) is 0 Å². The van der Waals surface area contributed by atoms with Gasteiger partial charge in [-0.1, -0.05) is 13.3 Å². The summed E-state index contributed by atoms with van der Waals surface area (Å²) in [5.74, 6) is 1.19. The van der Waals surface area contributed by atoms with Gasteiger partial charge in [-0.3, -0.25) is 4.79 Å². The molecular formula is C15H29NO2S. The Hall–Kier alpha value is -0.220. The van der Waals surface area contributed by atoms with Gasteiger partial charge in [-0.15, -0.1) is 0 Å². The molecule has 1 aliphatic carbocycles. The molecule has 0 aromatic rings. The second kappa shape index (κ2) is 10.6. The number of hydrogen-bond donors (Lipinski definition) is 1. The summed E-state index contributed by atoms with van der Waals surface area (Å²) in [5, 5.41) is 4.53. The molecule has 0 aromatic carbocycles. The van der Waals surface area contributed by atoms with E-state index in [2.05, 4.69) is 24.0 Å². The Morgan fingerprint density at radius 2 is 2.11 bits per heavy atom. The Labute approximate surface area is 122 Å². The maximum absolute atomic E-state index is 11.1. The molecular weight excluding hydrogens is 258 g/mol. The van der Waals surface area contributed by atoms with Crippen LogP contribution in [-0.2, 0) is 9.53 Å². The summed E-state index contributed by atoms with van der Waals surface area (Å²) in [5.41, 5.74) is 0. The van der Waals surface area contributed by atoms with Crippen LogP contribution in [0.1, 0.15) is 58.8 Å². The number of rotatable bonds is 10. The van der Waals surface area contributed by atoms with E-state index in [1.54, 1.807) is 0 Å². The van der Waals surface area contributed by atoms with Gasteiger partial charge in [-0.25, -0.2) is 0 Å². The van der Waals surface area contributed by atoms with E-state index in [-0.39, 0.29) is 5.97 Å². The minimum Gasteiger partial charge on any atom is -0.466 e. The van der Waals surface area contributed by atoms with Crippen molar-refractivity contribution in [1.82, 2.24) is 5.32 Å². The average molecular weight is 287 g/mol. The number of nitrogens with one attached hydrogen (secondary N) is 1. The summed E-state index contributed by atoms with van der Waals surface area (Å²) < 4.78 is 4.91. The van der Waals surface area contributed by atoms with Crippen molar-refractivity contribution < 1.29 is 9.53 Å². The summed E-state index contributed by atoms with van der Waals surface area (Å²) in [6.07, 6.45) is 7.86. The molecule has 0 amide bonds. The molecule has 19 heavy (non-hydrogen) atoms. The minimum atomic E-state index is -0.0503. The fourth-order valence-electron chi connectivity index (χ4n) is 2.62. The van der Waals surface area contributed by atoms with E-state index in [9.17, 15) is 4.79 Å². The van der Waals surface area contributed by atoms with Crippen molar-refractivity contribution in [3.8, 4) is 0 Å². The Bertz CT molecular complexity index is 248. The molecule has 2 atom stereocenters. The molecule has 1 rings (SSSR count).